The Labute approximate surface area is 153 Å². The van der Waals surface area contributed by atoms with Crippen molar-refractivity contribution in [3.05, 3.63) is 5.82 Å². The number of nitrogens with one attached hydrogen (secondary N) is 1. The molecule has 0 aromatic carbocycles. The zero-order valence-corrected chi connectivity index (χ0v) is 17.2. The monoisotopic (exact) mass is 350 g/mol. The Bertz CT molecular complexity index is 534. The van der Waals surface area contributed by atoms with Gasteiger partial charge < -0.3 is 11.1 Å². The summed E-state index contributed by atoms with van der Waals surface area (Å²) in [7, 11) is 0. The van der Waals surface area contributed by atoms with Crippen LogP contribution in [-0.2, 0) is 5.54 Å². The van der Waals surface area contributed by atoms with Gasteiger partial charge in [0.25, 0.3) is 0 Å². The van der Waals surface area contributed by atoms with Crippen molar-refractivity contribution in [1.29, 1.82) is 0 Å². The van der Waals surface area contributed by atoms with E-state index in [1.807, 2.05) is 4.68 Å². The largest absolute Gasteiger partial charge is 0.328 e. The molecule has 0 bridgehead atoms. The molecule has 1 unspecified atom stereocenters. The van der Waals surface area contributed by atoms with Crippen molar-refractivity contribution >= 4 is 0 Å². The second kappa shape index (κ2) is 7.70. The smallest absolute Gasteiger partial charge is 0.169 e. The van der Waals surface area contributed by atoms with Crippen LogP contribution in [0.4, 0.5) is 0 Å². The first-order chi connectivity index (χ1) is 11.5. The van der Waals surface area contributed by atoms with Crippen LogP contribution >= 0.6 is 0 Å². The summed E-state index contributed by atoms with van der Waals surface area (Å²) >= 11 is 0. The quantitative estimate of drug-likeness (QED) is 0.822. The van der Waals surface area contributed by atoms with Gasteiger partial charge in [-0.05, 0) is 67.7 Å². The van der Waals surface area contributed by atoms with Crippen LogP contribution < -0.4 is 11.1 Å². The van der Waals surface area contributed by atoms with Crippen molar-refractivity contribution < 1.29 is 0 Å². The maximum absolute atomic E-state index is 6.06. The fourth-order valence-corrected chi connectivity index (χ4v) is 4.30. The van der Waals surface area contributed by atoms with Crippen LogP contribution in [-0.4, -0.2) is 32.3 Å². The summed E-state index contributed by atoms with van der Waals surface area (Å²) in [4.78, 5) is 0. The molecular formula is C19H38N6. The van der Waals surface area contributed by atoms with Gasteiger partial charge in [0.15, 0.2) is 5.82 Å². The molecule has 2 rings (SSSR count). The fourth-order valence-electron chi connectivity index (χ4n) is 4.30. The van der Waals surface area contributed by atoms with Crippen molar-refractivity contribution in [2.75, 3.05) is 0 Å². The molecule has 144 valence electrons. The summed E-state index contributed by atoms with van der Waals surface area (Å²) in [5, 5.41) is 16.7. The third-order valence-corrected chi connectivity index (χ3v) is 5.16. The van der Waals surface area contributed by atoms with Crippen molar-refractivity contribution in [2.45, 2.75) is 104 Å². The van der Waals surface area contributed by atoms with Crippen molar-refractivity contribution in [3.8, 4) is 0 Å². The van der Waals surface area contributed by atoms with Gasteiger partial charge in [-0.3, -0.25) is 0 Å². The molecule has 6 heteroatoms. The normalized spacial score (nSPS) is 23.9. The summed E-state index contributed by atoms with van der Waals surface area (Å²) in [6.07, 6.45) is 5.49. The zero-order valence-electron chi connectivity index (χ0n) is 17.2. The molecule has 0 aliphatic heterocycles. The van der Waals surface area contributed by atoms with Crippen LogP contribution in [0.1, 0.15) is 92.4 Å². The third kappa shape index (κ3) is 5.48. The zero-order chi connectivity index (χ0) is 18.8. The first-order valence-corrected chi connectivity index (χ1v) is 9.80. The SMILES string of the molecule is CC(C)C(NC1CCC(N)CC1)c1nnnn1C(C)(C)CC(C)(C)C. The summed E-state index contributed by atoms with van der Waals surface area (Å²) in [6.45, 7) is 15.7. The summed E-state index contributed by atoms with van der Waals surface area (Å²) in [5.41, 5.74) is 6.15. The van der Waals surface area contributed by atoms with E-state index in [2.05, 4.69) is 69.3 Å². The second-order valence-corrected chi connectivity index (χ2v) is 10.00. The van der Waals surface area contributed by atoms with Crippen LogP contribution in [0.25, 0.3) is 0 Å². The number of aromatic nitrogens is 4. The molecule has 1 aromatic rings. The number of tetrazole rings is 1. The molecule has 0 saturated heterocycles. The number of hydrogen-bond acceptors (Lipinski definition) is 5. The minimum absolute atomic E-state index is 0.124. The summed E-state index contributed by atoms with van der Waals surface area (Å²) in [5.74, 6) is 1.38. The maximum atomic E-state index is 6.06. The highest BCUT2D eigenvalue weighted by atomic mass is 15.6. The van der Waals surface area contributed by atoms with E-state index in [0.29, 0.717) is 18.0 Å². The van der Waals surface area contributed by atoms with Gasteiger partial charge in [-0.15, -0.1) is 5.10 Å². The fraction of sp³-hybridized carbons (Fsp3) is 0.947. The highest BCUT2D eigenvalue weighted by molar-refractivity contribution is 5.00. The number of rotatable bonds is 6. The third-order valence-electron chi connectivity index (χ3n) is 5.16. The van der Waals surface area contributed by atoms with E-state index in [-0.39, 0.29) is 17.0 Å². The molecule has 1 saturated carbocycles. The van der Waals surface area contributed by atoms with Gasteiger partial charge in [-0.25, -0.2) is 4.68 Å². The molecule has 3 N–H and O–H groups in total. The lowest BCUT2D eigenvalue weighted by Gasteiger charge is -2.36. The van der Waals surface area contributed by atoms with Gasteiger partial charge in [0.05, 0.1) is 11.6 Å². The predicted octanol–water partition coefficient (Wildman–Crippen LogP) is 3.40. The van der Waals surface area contributed by atoms with Crippen LogP contribution in [0.3, 0.4) is 0 Å². The molecule has 25 heavy (non-hydrogen) atoms. The van der Waals surface area contributed by atoms with Gasteiger partial charge in [0.1, 0.15) is 0 Å². The first-order valence-electron chi connectivity index (χ1n) is 9.80. The number of nitrogens with zero attached hydrogens (tertiary/aromatic N) is 4. The van der Waals surface area contributed by atoms with Gasteiger partial charge in [0, 0.05) is 12.1 Å². The molecule has 1 aliphatic rings. The van der Waals surface area contributed by atoms with E-state index >= 15 is 0 Å². The molecular weight excluding hydrogens is 312 g/mol. The lowest BCUT2D eigenvalue weighted by Crippen LogP contribution is -2.43. The molecule has 1 heterocycles. The highest BCUT2D eigenvalue weighted by Crippen LogP contribution is 2.34. The van der Waals surface area contributed by atoms with Crippen molar-refractivity contribution in [3.63, 3.8) is 0 Å². The Kier molecular flexibility index (Phi) is 6.26. The topological polar surface area (TPSA) is 81.7 Å². The molecule has 1 aromatic heterocycles. The minimum atomic E-state index is -0.124. The second-order valence-electron chi connectivity index (χ2n) is 10.00. The average molecular weight is 351 g/mol. The lowest BCUT2D eigenvalue weighted by molar-refractivity contribution is 0.179. The standard InChI is InChI=1S/C19H38N6/c1-13(2)16(21-15-10-8-14(20)9-11-15)17-22-23-24-25(17)19(6,7)12-18(3,4)5/h13-16,21H,8-12,20H2,1-7H3. The first kappa shape index (κ1) is 20.3. The van der Waals surface area contributed by atoms with Crippen molar-refractivity contribution in [1.82, 2.24) is 25.5 Å². The van der Waals surface area contributed by atoms with E-state index < -0.39 is 0 Å². The molecule has 0 radical (unpaired) electrons. The van der Waals surface area contributed by atoms with Crippen LogP contribution in [0, 0.1) is 11.3 Å². The van der Waals surface area contributed by atoms with Crippen LogP contribution in [0.2, 0.25) is 0 Å². The van der Waals surface area contributed by atoms with Crippen LogP contribution in [0.5, 0.6) is 0 Å². The molecule has 6 nitrogen and oxygen atoms in total. The number of hydrogen-bond donors (Lipinski definition) is 2. The Balaban J connectivity index is 2.21. The maximum Gasteiger partial charge on any atom is 0.169 e. The van der Waals surface area contributed by atoms with Crippen molar-refractivity contribution in [2.24, 2.45) is 17.1 Å². The van der Waals surface area contributed by atoms with E-state index in [1.54, 1.807) is 0 Å². The molecule has 1 aliphatic carbocycles. The Morgan fingerprint density at radius 1 is 1.12 bits per heavy atom. The summed E-state index contributed by atoms with van der Waals surface area (Å²) < 4.78 is 2.05. The van der Waals surface area contributed by atoms with Crippen LogP contribution in [0.15, 0.2) is 0 Å². The number of nitrogens with two attached hydrogens (primary N) is 1. The van der Waals surface area contributed by atoms with E-state index in [0.717, 1.165) is 37.9 Å². The highest BCUT2D eigenvalue weighted by Gasteiger charge is 2.34. The summed E-state index contributed by atoms with van der Waals surface area (Å²) in [6, 6.07) is 1.03. The Morgan fingerprint density at radius 3 is 2.24 bits per heavy atom. The molecule has 1 fully saturated rings. The minimum Gasteiger partial charge on any atom is -0.328 e. The molecule has 1 atom stereocenters. The van der Waals surface area contributed by atoms with Gasteiger partial charge in [0.2, 0.25) is 0 Å². The predicted molar refractivity (Wildman–Crippen MR) is 102 cm³/mol. The van der Waals surface area contributed by atoms with Gasteiger partial charge in [-0.2, -0.15) is 0 Å². The van der Waals surface area contributed by atoms with Gasteiger partial charge >= 0.3 is 0 Å². The molecule has 0 spiro atoms. The molecule has 0 amide bonds. The lowest BCUT2D eigenvalue weighted by atomic mass is 9.81. The van der Waals surface area contributed by atoms with E-state index in [9.17, 15) is 0 Å². The Morgan fingerprint density at radius 2 is 1.72 bits per heavy atom. The van der Waals surface area contributed by atoms with Gasteiger partial charge in [-0.1, -0.05) is 34.6 Å². The average Bonchev–Trinajstić information content (AvgIpc) is 2.93. The van der Waals surface area contributed by atoms with E-state index in [4.69, 9.17) is 5.73 Å². The van der Waals surface area contributed by atoms with E-state index in [1.165, 1.54) is 0 Å². The Hall–Kier alpha value is -1.01.